The van der Waals surface area contributed by atoms with Gasteiger partial charge in [0.15, 0.2) is 0 Å². The van der Waals surface area contributed by atoms with Crippen molar-refractivity contribution in [2.45, 2.75) is 52.0 Å². The Balaban J connectivity index is 1.68. The summed E-state index contributed by atoms with van der Waals surface area (Å²) in [4.78, 5) is 14.8. The monoisotopic (exact) mass is 265 g/mol. The summed E-state index contributed by atoms with van der Waals surface area (Å²) in [6, 6.07) is 0.318. The van der Waals surface area contributed by atoms with E-state index in [0.29, 0.717) is 36.2 Å². The molecule has 0 spiro atoms. The molecule has 0 aliphatic heterocycles. The van der Waals surface area contributed by atoms with E-state index < -0.39 is 0 Å². The fourth-order valence-corrected chi connectivity index (χ4v) is 5.16. The van der Waals surface area contributed by atoms with Crippen molar-refractivity contribution in [1.82, 2.24) is 4.90 Å². The van der Waals surface area contributed by atoms with Crippen LogP contribution in [-0.2, 0) is 4.79 Å². The van der Waals surface area contributed by atoms with Gasteiger partial charge in [-0.25, -0.2) is 0 Å². The minimum Gasteiger partial charge on any atom is -0.395 e. The molecule has 0 aromatic heterocycles. The number of rotatable bonds is 6. The third-order valence-corrected chi connectivity index (χ3v) is 6.03. The summed E-state index contributed by atoms with van der Waals surface area (Å²) < 4.78 is 0. The number of nitrogens with zero attached hydrogens (tertiary/aromatic N) is 1. The van der Waals surface area contributed by atoms with Gasteiger partial charge in [0.2, 0.25) is 5.91 Å². The van der Waals surface area contributed by atoms with Crippen molar-refractivity contribution in [2.24, 2.45) is 29.6 Å². The van der Waals surface area contributed by atoms with E-state index in [1.807, 2.05) is 4.90 Å². The van der Waals surface area contributed by atoms with Crippen molar-refractivity contribution >= 4 is 5.91 Å². The molecule has 0 aromatic carbocycles. The van der Waals surface area contributed by atoms with Gasteiger partial charge >= 0.3 is 0 Å². The van der Waals surface area contributed by atoms with Crippen LogP contribution in [0, 0.1) is 29.6 Å². The zero-order valence-corrected chi connectivity index (χ0v) is 12.2. The van der Waals surface area contributed by atoms with Crippen molar-refractivity contribution in [2.75, 3.05) is 13.2 Å². The van der Waals surface area contributed by atoms with Crippen molar-refractivity contribution in [3.63, 3.8) is 0 Å². The average molecular weight is 265 g/mol. The lowest BCUT2D eigenvalue weighted by molar-refractivity contribution is -0.136. The highest BCUT2D eigenvalue weighted by Crippen LogP contribution is 2.69. The van der Waals surface area contributed by atoms with E-state index in [1.165, 1.54) is 19.3 Å². The molecule has 3 saturated carbocycles. The van der Waals surface area contributed by atoms with E-state index >= 15 is 0 Å². The van der Waals surface area contributed by atoms with Crippen LogP contribution in [0.15, 0.2) is 0 Å². The zero-order valence-electron chi connectivity index (χ0n) is 12.2. The molecule has 0 saturated heterocycles. The van der Waals surface area contributed by atoms with Crippen molar-refractivity contribution in [3.8, 4) is 0 Å². The van der Waals surface area contributed by atoms with Crippen molar-refractivity contribution in [1.29, 1.82) is 0 Å². The number of aliphatic hydroxyl groups is 1. The molecule has 3 fully saturated rings. The minimum absolute atomic E-state index is 0.0944. The number of carbonyl (C=O) groups excluding carboxylic acids is 1. The summed E-state index contributed by atoms with van der Waals surface area (Å²) in [7, 11) is 0. The first-order valence-corrected chi connectivity index (χ1v) is 8.14. The predicted octanol–water partition coefficient (Wildman–Crippen LogP) is 2.29. The van der Waals surface area contributed by atoms with Gasteiger partial charge in [-0.1, -0.05) is 13.8 Å². The molecule has 4 atom stereocenters. The van der Waals surface area contributed by atoms with E-state index in [-0.39, 0.29) is 6.61 Å². The minimum atomic E-state index is 0.0944. The van der Waals surface area contributed by atoms with Gasteiger partial charge in [-0.2, -0.15) is 0 Å². The summed E-state index contributed by atoms with van der Waals surface area (Å²) in [5, 5.41) is 9.25. The highest BCUT2D eigenvalue weighted by Gasteiger charge is 2.68. The Kier molecular flexibility index (Phi) is 3.59. The predicted molar refractivity (Wildman–Crippen MR) is 74.5 cm³/mol. The van der Waals surface area contributed by atoms with Crippen molar-refractivity contribution in [3.05, 3.63) is 0 Å². The van der Waals surface area contributed by atoms with Crippen LogP contribution in [0.5, 0.6) is 0 Å². The Morgan fingerprint density at radius 1 is 1.21 bits per heavy atom. The van der Waals surface area contributed by atoms with Gasteiger partial charge in [0.1, 0.15) is 0 Å². The topological polar surface area (TPSA) is 40.5 Å². The molecule has 0 aromatic rings. The maximum atomic E-state index is 12.8. The highest BCUT2D eigenvalue weighted by atomic mass is 16.3. The number of aliphatic hydroxyl groups excluding tert-OH is 1. The Bertz CT molecular complexity index is 337. The SMILES string of the molecule is CCC(CC)N(CCO)C(=O)C1C2C3CCC(C3)C12. The molecule has 3 aliphatic carbocycles. The lowest BCUT2D eigenvalue weighted by atomic mass is 10.0. The second-order valence-electron chi connectivity index (χ2n) is 6.74. The second-order valence-corrected chi connectivity index (χ2v) is 6.74. The smallest absolute Gasteiger partial charge is 0.226 e. The van der Waals surface area contributed by atoms with Gasteiger partial charge < -0.3 is 10.0 Å². The summed E-state index contributed by atoms with van der Waals surface area (Å²) in [5.41, 5.74) is 0. The van der Waals surface area contributed by atoms with E-state index in [9.17, 15) is 9.90 Å². The van der Waals surface area contributed by atoms with Gasteiger partial charge in [-0.05, 0) is 55.8 Å². The van der Waals surface area contributed by atoms with Gasteiger partial charge in [-0.3, -0.25) is 4.79 Å². The van der Waals surface area contributed by atoms with E-state index in [2.05, 4.69) is 13.8 Å². The van der Waals surface area contributed by atoms with Crippen LogP contribution in [0.4, 0.5) is 0 Å². The summed E-state index contributed by atoms with van der Waals surface area (Å²) in [6.45, 7) is 4.90. The molecule has 3 heteroatoms. The molecular weight excluding hydrogens is 238 g/mol. The van der Waals surface area contributed by atoms with Gasteiger partial charge in [0, 0.05) is 18.5 Å². The lowest BCUT2D eigenvalue weighted by Crippen LogP contribution is -2.43. The Hall–Kier alpha value is -0.570. The molecule has 3 rings (SSSR count). The Morgan fingerprint density at radius 2 is 1.79 bits per heavy atom. The Morgan fingerprint density at radius 3 is 2.26 bits per heavy atom. The molecule has 3 aliphatic rings. The van der Waals surface area contributed by atoms with Gasteiger partial charge in [0.25, 0.3) is 0 Å². The summed E-state index contributed by atoms with van der Waals surface area (Å²) in [6.07, 6.45) is 6.11. The standard InChI is InChI=1S/C16H27NO2/c1-3-12(4-2)17(7-8-18)16(19)15-13-10-5-6-11(9-10)14(13)15/h10-15,18H,3-9H2,1-2H3. The fraction of sp³-hybridized carbons (Fsp3) is 0.938. The summed E-state index contributed by atoms with van der Waals surface area (Å²) in [5.74, 6) is 3.79. The molecule has 1 amide bonds. The van der Waals surface area contributed by atoms with E-state index in [4.69, 9.17) is 0 Å². The van der Waals surface area contributed by atoms with Crippen LogP contribution in [0.3, 0.4) is 0 Å². The number of amides is 1. The quantitative estimate of drug-likeness (QED) is 0.800. The lowest BCUT2D eigenvalue weighted by Gasteiger charge is -2.31. The third kappa shape index (κ3) is 2.01. The molecule has 108 valence electrons. The number of hydrogen-bond acceptors (Lipinski definition) is 2. The van der Waals surface area contributed by atoms with Crippen LogP contribution < -0.4 is 0 Å². The van der Waals surface area contributed by atoms with E-state index in [0.717, 1.165) is 24.7 Å². The number of carbonyl (C=O) groups is 1. The van der Waals surface area contributed by atoms with Crippen LogP contribution in [0.25, 0.3) is 0 Å². The number of hydrogen-bond donors (Lipinski definition) is 1. The van der Waals surface area contributed by atoms with Crippen LogP contribution in [0.1, 0.15) is 46.0 Å². The van der Waals surface area contributed by atoms with Crippen LogP contribution >= 0.6 is 0 Å². The average Bonchev–Trinajstić information content (AvgIpc) is 2.86. The largest absolute Gasteiger partial charge is 0.395 e. The van der Waals surface area contributed by atoms with Crippen LogP contribution in [-0.4, -0.2) is 35.1 Å². The van der Waals surface area contributed by atoms with Crippen LogP contribution in [0.2, 0.25) is 0 Å². The van der Waals surface area contributed by atoms with Gasteiger partial charge in [0.05, 0.1) is 6.61 Å². The molecule has 19 heavy (non-hydrogen) atoms. The molecule has 4 unspecified atom stereocenters. The summed E-state index contributed by atoms with van der Waals surface area (Å²) >= 11 is 0. The van der Waals surface area contributed by atoms with Gasteiger partial charge in [-0.15, -0.1) is 0 Å². The number of fused-ring (bicyclic) bond motifs is 5. The third-order valence-electron chi connectivity index (χ3n) is 6.03. The maximum absolute atomic E-state index is 12.8. The Labute approximate surface area is 116 Å². The van der Waals surface area contributed by atoms with E-state index in [1.54, 1.807) is 0 Å². The zero-order chi connectivity index (χ0) is 13.6. The molecular formula is C16H27NO2. The first kappa shape index (κ1) is 13.4. The normalized spacial score (nSPS) is 38.6. The first-order valence-electron chi connectivity index (χ1n) is 8.14. The molecule has 3 nitrogen and oxygen atoms in total. The first-order chi connectivity index (χ1) is 9.22. The van der Waals surface area contributed by atoms with Crippen molar-refractivity contribution < 1.29 is 9.90 Å². The molecule has 1 N–H and O–H groups in total. The second kappa shape index (κ2) is 5.08. The highest BCUT2D eigenvalue weighted by molar-refractivity contribution is 5.83. The molecule has 0 radical (unpaired) electrons. The molecule has 2 bridgehead atoms. The maximum Gasteiger partial charge on any atom is 0.226 e. The fourth-order valence-electron chi connectivity index (χ4n) is 5.16. The molecule has 0 heterocycles.